The molecule has 0 bridgehead atoms. The summed E-state index contributed by atoms with van der Waals surface area (Å²) in [6.07, 6.45) is 3.44. The summed E-state index contributed by atoms with van der Waals surface area (Å²) in [5, 5.41) is 18.2. The molecular formula is C25H22F2N6O3S. The van der Waals surface area contributed by atoms with E-state index < -0.39 is 23.6 Å². The number of ether oxygens (including phenoxy) is 1. The van der Waals surface area contributed by atoms with Crippen LogP contribution < -0.4 is 10.9 Å². The lowest BCUT2D eigenvalue weighted by Crippen LogP contribution is -2.27. The normalized spacial score (nSPS) is 12.6. The van der Waals surface area contributed by atoms with E-state index in [1.54, 1.807) is 13.1 Å². The number of carbonyl (C=O) groups excluding carboxylic acids is 1. The second kappa shape index (κ2) is 10.8. The molecule has 12 heteroatoms. The standard InChI is InChI=1S/C25H22F2N6O3S/c1-13-9-30-20(23(26)27)7-17(13)19-11-33(12-21(29)36-14(2)28)22(34)8-18(19)24(35)32-25-31-10-16(37-25)6-5-15-3-4-15/h7-11,15,23,28-29H,3-4,12H2,1-2H3,(H,31,32,35). The number of pyridine rings is 2. The van der Waals surface area contributed by atoms with Crippen molar-refractivity contribution < 1.29 is 18.3 Å². The average molecular weight is 525 g/mol. The van der Waals surface area contributed by atoms with Crippen molar-refractivity contribution in [1.82, 2.24) is 14.5 Å². The molecule has 4 rings (SSSR count). The maximum Gasteiger partial charge on any atom is 0.280 e. The highest BCUT2D eigenvalue weighted by Crippen LogP contribution is 2.31. The molecule has 1 fully saturated rings. The van der Waals surface area contributed by atoms with Gasteiger partial charge in [-0.2, -0.15) is 0 Å². The van der Waals surface area contributed by atoms with Gasteiger partial charge in [0.15, 0.2) is 11.0 Å². The van der Waals surface area contributed by atoms with Gasteiger partial charge in [-0.25, -0.2) is 13.8 Å². The number of aryl methyl sites for hydroxylation is 1. The summed E-state index contributed by atoms with van der Waals surface area (Å²) in [5.74, 6) is 5.29. The molecule has 0 radical (unpaired) electrons. The predicted molar refractivity (Wildman–Crippen MR) is 136 cm³/mol. The summed E-state index contributed by atoms with van der Waals surface area (Å²) in [6.45, 7) is 2.65. The molecule has 3 aromatic rings. The van der Waals surface area contributed by atoms with E-state index in [-0.39, 0.29) is 40.2 Å². The Balaban J connectivity index is 1.73. The minimum absolute atomic E-state index is 0.0627. The maximum atomic E-state index is 13.4. The number of amides is 1. The molecule has 3 N–H and O–H groups in total. The molecule has 0 unspecified atom stereocenters. The molecule has 1 aliphatic rings. The minimum Gasteiger partial charge on any atom is -0.428 e. The van der Waals surface area contributed by atoms with Crippen LogP contribution in [-0.2, 0) is 11.3 Å². The van der Waals surface area contributed by atoms with E-state index >= 15 is 0 Å². The van der Waals surface area contributed by atoms with Gasteiger partial charge in [0.05, 0.1) is 16.6 Å². The Kier molecular flexibility index (Phi) is 7.54. The number of aromatic nitrogens is 3. The van der Waals surface area contributed by atoms with Crippen LogP contribution in [0.2, 0.25) is 0 Å². The van der Waals surface area contributed by atoms with E-state index in [1.807, 2.05) is 0 Å². The number of alkyl halides is 2. The van der Waals surface area contributed by atoms with Gasteiger partial charge in [-0.15, -0.1) is 0 Å². The Labute approximate surface area is 214 Å². The van der Waals surface area contributed by atoms with Crippen molar-refractivity contribution in [3.05, 3.63) is 62.8 Å². The molecule has 3 aromatic heterocycles. The topological polar surface area (TPSA) is 134 Å². The van der Waals surface area contributed by atoms with E-state index in [4.69, 9.17) is 15.6 Å². The lowest BCUT2D eigenvalue weighted by molar-refractivity contribution is 0.102. The summed E-state index contributed by atoms with van der Waals surface area (Å²) in [5.41, 5.74) is -0.220. The predicted octanol–water partition coefficient (Wildman–Crippen LogP) is 4.62. The highest BCUT2D eigenvalue weighted by molar-refractivity contribution is 7.16. The number of hydrogen-bond acceptors (Lipinski definition) is 8. The fraction of sp³-hybridized carbons (Fsp3) is 0.280. The van der Waals surface area contributed by atoms with E-state index in [0.717, 1.165) is 23.5 Å². The van der Waals surface area contributed by atoms with Crippen molar-refractivity contribution in [2.24, 2.45) is 5.92 Å². The largest absolute Gasteiger partial charge is 0.428 e. The van der Waals surface area contributed by atoms with Gasteiger partial charge in [0.1, 0.15) is 12.2 Å². The van der Waals surface area contributed by atoms with Crippen LogP contribution in [0.5, 0.6) is 0 Å². The summed E-state index contributed by atoms with van der Waals surface area (Å²) < 4.78 is 32.9. The fourth-order valence-electron chi connectivity index (χ4n) is 3.38. The Hall–Kier alpha value is -4.24. The third-order valence-electron chi connectivity index (χ3n) is 5.30. The maximum absolute atomic E-state index is 13.4. The van der Waals surface area contributed by atoms with Gasteiger partial charge in [0.2, 0.25) is 5.90 Å². The van der Waals surface area contributed by atoms with Crippen LogP contribution in [0.15, 0.2) is 35.5 Å². The number of nitrogens with one attached hydrogen (secondary N) is 3. The second-order valence-corrected chi connectivity index (χ2v) is 9.43. The zero-order valence-electron chi connectivity index (χ0n) is 19.9. The molecule has 37 heavy (non-hydrogen) atoms. The number of anilines is 1. The van der Waals surface area contributed by atoms with E-state index in [2.05, 4.69) is 27.1 Å². The third-order valence-corrected chi connectivity index (χ3v) is 6.13. The first-order valence-electron chi connectivity index (χ1n) is 11.2. The zero-order valence-corrected chi connectivity index (χ0v) is 20.7. The quantitative estimate of drug-likeness (QED) is 0.246. The van der Waals surface area contributed by atoms with Gasteiger partial charge >= 0.3 is 0 Å². The van der Waals surface area contributed by atoms with Gasteiger partial charge in [-0.3, -0.25) is 30.7 Å². The number of hydrogen-bond donors (Lipinski definition) is 3. The number of thiazole rings is 1. The van der Waals surface area contributed by atoms with Crippen molar-refractivity contribution in [2.75, 3.05) is 5.32 Å². The zero-order chi connectivity index (χ0) is 26.7. The molecule has 0 saturated heterocycles. The Morgan fingerprint density at radius 3 is 2.70 bits per heavy atom. The third kappa shape index (κ3) is 6.50. The first-order valence-corrected chi connectivity index (χ1v) is 12.0. The molecule has 190 valence electrons. The lowest BCUT2D eigenvalue weighted by Gasteiger charge is -2.16. The van der Waals surface area contributed by atoms with Crippen LogP contribution in [-0.4, -0.2) is 32.2 Å². The first-order chi connectivity index (χ1) is 17.6. The molecule has 1 saturated carbocycles. The first kappa shape index (κ1) is 25.8. The molecule has 3 heterocycles. The SMILES string of the molecule is CC(=N)OC(=N)Cn1cc(-c2cc(C(F)F)ncc2C)c(C(=O)Nc2ncc(C#CC3CC3)s2)cc1=O. The average Bonchev–Trinajstić information content (AvgIpc) is 3.56. The fourth-order valence-corrected chi connectivity index (χ4v) is 4.05. The molecule has 0 aliphatic heterocycles. The van der Waals surface area contributed by atoms with E-state index in [0.29, 0.717) is 16.4 Å². The van der Waals surface area contributed by atoms with Crippen LogP contribution >= 0.6 is 11.3 Å². The van der Waals surface area contributed by atoms with Crippen molar-refractivity contribution in [2.45, 2.75) is 39.7 Å². The van der Waals surface area contributed by atoms with Gasteiger partial charge in [-0.1, -0.05) is 23.2 Å². The number of carbonyl (C=O) groups is 1. The van der Waals surface area contributed by atoms with Crippen LogP contribution in [0.25, 0.3) is 11.1 Å². The Morgan fingerprint density at radius 2 is 2.03 bits per heavy atom. The number of nitrogens with zero attached hydrogens (tertiary/aromatic N) is 3. The van der Waals surface area contributed by atoms with E-state index in [1.165, 1.54) is 36.7 Å². The Morgan fingerprint density at radius 1 is 1.27 bits per heavy atom. The van der Waals surface area contributed by atoms with Gasteiger partial charge in [0, 0.05) is 36.9 Å². The van der Waals surface area contributed by atoms with Crippen LogP contribution in [0.1, 0.15) is 52.7 Å². The number of rotatable bonds is 6. The van der Waals surface area contributed by atoms with Gasteiger partial charge < -0.3 is 9.30 Å². The minimum atomic E-state index is -2.84. The molecule has 0 spiro atoms. The van der Waals surface area contributed by atoms with Gasteiger partial charge in [-0.05, 0) is 37.0 Å². The molecular weight excluding hydrogens is 502 g/mol. The summed E-state index contributed by atoms with van der Waals surface area (Å²) in [6, 6.07) is 2.23. The monoisotopic (exact) mass is 524 g/mol. The van der Waals surface area contributed by atoms with Crippen molar-refractivity contribution in [1.29, 1.82) is 10.8 Å². The highest BCUT2D eigenvalue weighted by Gasteiger charge is 2.21. The van der Waals surface area contributed by atoms with Crippen molar-refractivity contribution in [3.8, 4) is 23.0 Å². The molecule has 0 atom stereocenters. The van der Waals surface area contributed by atoms with Gasteiger partial charge in [0.25, 0.3) is 17.9 Å². The highest BCUT2D eigenvalue weighted by atomic mass is 32.1. The van der Waals surface area contributed by atoms with Crippen LogP contribution in [0, 0.1) is 35.5 Å². The summed E-state index contributed by atoms with van der Waals surface area (Å²) in [7, 11) is 0. The van der Waals surface area contributed by atoms with Crippen LogP contribution in [0.3, 0.4) is 0 Å². The molecule has 0 aromatic carbocycles. The van der Waals surface area contributed by atoms with Crippen molar-refractivity contribution in [3.63, 3.8) is 0 Å². The van der Waals surface area contributed by atoms with Crippen molar-refractivity contribution >= 4 is 34.2 Å². The summed E-state index contributed by atoms with van der Waals surface area (Å²) in [4.78, 5) is 34.7. The molecule has 1 aliphatic carbocycles. The van der Waals surface area contributed by atoms with Crippen LogP contribution in [0.4, 0.5) is 13.9 Å². The number of halogens is 2. The smallest absolute Gasteiger partial charge is 0.280 e. The van der Waals surface area contributed by atoms with E-state index in [9.17, 15) is 18.4 Å². The Bertz CT molecular complexity index is 1510. The second-order valence-electron chi connectivity index (χ2n) is 8.40. The summed E-state index contributed by atoms with van der Waals surface area (Å²) >= 11 is 1.18. The molecule has 9 nitrogen and oxygen atoms in total. The lowest BCUT2D eigenvalue weighted by atomic mass is 9.97. The molecule has 1 amide bonds.